The van der Waals surface area contributed by atoms with Crippen molar-refractivity contribution < 1.29 is 5.11 Å². The van der Waals surface area contributed by atoms with Crippen molar-refractivity contribution in [2.45, 2.75) is 12.6 Å². The van der Waals surface area contributed by atoms with Crippen molar-refractivity contribution in [2.75, 3.05) is 46.3 Å². The molecule has 5 heteroatoms. The van der Waals surface area contributed by atoms with E-state index >= 15 is 0 Å². The van der Waals surface area contributed by atoms with E-state index in [0.29, 0.717) is 6.54 Å². The molecule has 1 atom stereocenters. The second-order valence-electron chi connectivity index (χ2n) is 5.53. The molecule has 2 N–H and O–H groups in total. The van der Waals surface area contributed by atoms with Crippen molar-refractivity contribution in [3.05, 3.63) is 34.3 Å². The summed E-state index contributed by atoms with van der Waals surface area (Å²) >= 11 is 3.44. The topological polar surface area (TPSA) is 38.7 Å². The van der Waals surface area contributed by atoms with Gasteiger partial charge in [0.15, 0.2) is 0 Å². The second-order valence-corrected chi connectivity index (χ2v) is 6.44. The van der Waals surface area contributed by atoms with Crippen LogP contribution in [0.5, 0.6) is 0 Å². The number of benzene rings is 1. The van der Waals surface area contributed by atoms with Crippen molar-refractivity contribution in [2.24, 2.45) is 0 Å². The van der Waals surface area contributed by atoms with Gasteiger partial charge in [0.2, 0.25) is 0 Å². The van der Waals surface area contributed by atoms with E-state index in [0.717, 1.165) is 43.7 Å². The number of nitrogens with one attached hydrogen (secondary N) is 1. The minimum Gasteiger partial charge on any atom is -0.390 e. The van der Waals surface area contributed by atoms with Gasteiger partial charge in [0.25, 0.3) is 0 Å². The number of nitrogens with zero attached hydrogens (tertiary/aromatic N) is 2. The van der Waals surface area contributed by atoms with Crippen LogP contribution in [0.15, 0.2) is 28.7 Å². The second kappa shape index (κ2) is 8.10. The number of halogens is 1. The summed E-state index contributed by atoms with van der Waals surface area (Å²) in [6.07, 6.45) is -0.284. The lowest BCUT2D eigenvalue weighted by Crippen LogP contribution is -2.47. The largest absolute Gasteiger partial charge is 0.390 e. The lowest BCUT2D eigenvalue weighted by Gasteiger charge is -2.30. The molecule has 0 aromatic heterocycles. The first-order valence-electron chi connectivity index (χ1n) is 7.17. The maximum Gasteiger partial charge on any atom is 0.0793 e. The van der Waals surface area contributed by atoms with Gasteiger partial charge in [0, 0.05) is 50.3 Å². The van der Waals surface area contributed by atoms with Gasteiger partial charge < -0.3 is 10.4 Å². The van der Waals surface area contributed by atoms with Crippen LogP contribution in [0.25, 0.3) is 0 Å². The number of hydrogen-bond acceptors (Lipinski definition) is 4. The summed E-state index contributed by atoms with van der Waals surface area (Å²) in [4.78, 5) is 4.50. The van der Waals surface area contributed by atoms with Crippen molar-refractivity contribution in [1.29, 1.82) is 0 Å². The Morgan fingerprint density at radius 2 is 1.95 bits per heavy atom. The number of likely N-dealkylation sites (N-methyl/N-ethyl adjacent to an activating group) is 1. The third-order valence-electron chi connectivity index (χ3n) is 3.57. The molecule has 0 bridgehead atoms. The summed E-state index contributed by atoms with van der Waals surface area (Å²) in [6, 6.07) is 8.34. The van der Waals surface area contributed by atoms with Crippen LogP contribution in [0.1, 0.15) is 5.56 Å². The number of β-amino-alcohol motifs (C(OH)–C–C–N with tert-alkyl or cyclic N) is 1. The van der Waals surface area contributed by atoms with Crippen LogP contribution in [0.3, 0.4) is 0 Å². The van der Waals surface area contributed by atoms with Gasteiger partial charge in [-0.15, -0.1) is 0 Å². The quantitative estimate of drug-likeness (QED) is 0.814. The highest BCUT2D eigenvalue weighted by atomic mass is 79.9. The van der Waals surface area contributed by atoms with Gasteiger partial charge in [-0.1, -0.05) is 28.1 Å². The summed E-state index contributed by atoms with van der Waals surface area (Å²) in [5.74, 6) is 0. The molecule has 1 aromatic carbocycles. The third kappa shape index (κ3) is 5.50. The fraction of sp³-hybridized carbons (Fsp3) is 0.600. The summed E-state index contributed by atoms with van der Waals surface area (Å²) in [7, 11) is 2.06. The van der Waals surface area contributed by atoms with Crippen molar-refractivity contribution in [1.82, 2.24) is 15.1 Å². The van der Waals surface area contributed by atoms with Crippen molar-refractivity contribution >= 4 is 15.9 Å². The summed E-state index contributed by atoms with van der Waals surface area (Å²) in [6.45, 7) is 6.47. The van der Waals surface area contributed by atoms with Crippen LogP contribution < -0.4 is 5.32 Å². The standard InChI is InChI=1S/C15H24BrN3O/c1-18(10-13-2-4-14(16)5-3-13)11-15(20)12-19-8-6-17-7-9-19/h2-5,15,17,20H,6-12H2,1H3. The van der Waals surface area contributed by atoms with E-state index in [-0.39, 0.29) is 6.10 Å². The Hall–Kier alpha value is -0.460. The Bertz CT molecular complexity index is 393. The van der Waals surface area contributed by atoms with Crippen LogP contribution in [-0.2, 0) is 6.54 Å². The molecule has 1 aliphatic heterocycles. The molecule has 4 nitrogen and oxygen atoms in total. The lowest BCUT2D eigenvalue weighted by atomic mass is 10.2. The van der Waals surface area contributed by atoms with Gasteiger partial charge >= 0.3 is 0 Å². The van der Waals surface area contributed by atoms with Gasteiger partial charge in [-0.2, -0.15) is 0 Å². The van der Waals surface area contributed by atoms with Gasteiger partial charge in [-0.25, -0.2) is 0 Å². The van der Waals surface area contributed by atoms with E-state index in [1.54, 1.807) is 0 Å². The minimum atomic E-state index is -0.284. The molecule has 1 fully saturated rings. The Labute approximate surface area is 129 Å². The first-order valence-corrected chi connectivity index (χ1v) is 7.97. The van der Waals surface area contributed by atoms with Crippen molar-refractivity contribution in [3.63, 3.8) is 0 Å². The summed E-state index contributed by atoms with van der Waals surface area (Å²) in [5, 5.41) is 13.5. The zero-order chi connectivity index (χ0) is 14.4. The van der Waals surface area contributed by atoms with E-state index in [9.17, 15) is 5.11 Å². The van der Waals surface area contributed by atoms with E-state index < -0.39 is 0 Å². The van der Waals surface area contributed by atoms with Gasteiger partial charge in [-0.3, -0.25) is 9.80 Å². The Kier molecular flexibility index (Phi) is 6.45. The Morgan fingerprint density at radius 1 is 1.30 bits per heavy atom. The predicted molar refractivity (Wildman–Crippen MR) is 85.8 cm³/mol. The van der Waals surface area contributed by atoms with Gasteiger partial charge in [0.05, 0.1) is 6.10 Å². The SMILES string of the molecule is CN(Cc1ccc(Br)cc1)CC(O)CN1CCNCC1. The highest BCUT2D eigenvalue weighted by Gasteiger charge is 2.15. The molecule has 0 radical (unpaired) electrons. The highest BCUT2D eigenvalue weighted by Crippen LogP contribution is 2.12. The maximum absolute atomic E-state index is 10.2. The number of aliphatic hydroxyl groups excluding tert-OH is 1. The average molecular weight is 342 g/mol. The van der Waals surface area contributed by atoms with Crippen molar-refractivity contribution in [3.8, 4) is 0 Å². The molecule has 0 spiro atoms. The normalized spacial score (nSPS) is 18.4. The Morgan fingerprint density at radius 3 is 2.60 bits per heavy atom. The van der Waals surface area contributed by atoms with E-state index in [1.807, 2.05) is 0 Å². The fourth-order valence-corrected chi connectivity index (χ4v) is 2.84. The van der Waals surface area contributed by atoms with Gasteiger partial charge in [-0.05, 0) is 24.7 Å². The van der Waals surface area contributed by atoms with E-state index in [1.165, 1.54) is 5.56 Å². The number of piperazine rings is 1. The summed E-state index contributed by atoms with van der Waals surface area (Å²) < 4.78 is 1.10. The van der Waals surface area contributed by atoms with Crippen LogP contribution >= 0.6 is 15.9 Å². The molecule has 1 unspecified atom stereocenters. The first kappa shape index (κ1) is 15.9. The molecule has 0 saturated carbocycles. The van der Waals surface area contributed by atoms with E-state index in [4.69, 9.17) is 0 Å². The molecule has 1 aliphatic rings. The minimum absolute atomic E-state index is 0.284. The molecule has 20 heavy (non-hydrogen) atoms. The molecular weight excluding hydrogens is 318 g/mol. The maximum atomic E-state index is 10.2. The van der Waals surface area contributed by atoms with Gasteiger partial charge in [0.1, 0.15) is 0 Å². The molecule has 0 aliphatic carbocycles. The monoisotopic (exact) mass is 341 g/mol. The first-order chi connectivity index (χ1) is 9.63. The lowest BCUT2D eigenvalue weighted by molar-refractivity contribution is 0.0752. The molecule has 112 valence electrons. The zero-order valence-corrected chi connectivity index (χ0v) is 13.6. The number of rotatable bonds is 6. The zero-order valence-electron chi connectivity index (χ0n) is 12.1. The molecule has 1 aromatic rings. The van der Waals surface area contributed by atoms with Crippen LogP contribution in [0.2, 0.25) is 0 Å². The predicted octanol–water partition coefficient (Wildman–Crippen LogP) is 1.15. The highest BCUT2D eigenvalue weighted by molar-refractivity contribution is 9.10. The molecular formula is C15H24BrN3O. The summed E-state index contributed by atoms with van der Waals surface area (Å²) in [5.41, 5.74) is 1.27. The van der Waals surface area contributed by atoms with E-state index in [2.05, 4.69) is 62.4 Å². The molecule has 2 rings (SSSR count). The fourth-order valence-electron chi connectivity index (χ4n) is 2.58. The third-order valence-corrected chi connectivity index (χ3v) is 4.10. The van der Waals surface area contributed by atoms with Crippen LogP contribution in [0.4, 0.5) is 0 Å². The Balaban J connectivity index is 1.72. The number of aliphatic hydroxyl groups is 1. The van der Waals surface area contributed by atoms with Crippen LogP contribution in [-0.4, -0.2) is 67.3 Å². The molecule has 1 heterocycles. The number of hydrogen-bond donors (Lipinski definition) is 2. The van der Waals surface area contributed by atoms with Crippen LogP contribution in [0, 0.1) is 0 Å². The molecule has 0 amide bonds. The smallest absolute Gasteiger partial charge is 0.0793 e. The molecule has 1 saturated heterocycles. The average Bonchev–Trinajstić information content (AvgIpc) is 2.42.